The molecule has 1 amide bonds. The zero-order valence-electron chi connectivity index (χ0n) is 16.8. The van der Waals surface area contributed by atoms with Crippen LogP contribution >= 0.6 is 23.4 Å². The van der Waals surface area contributed by atoms with Gasteiger partial charge in [0.05, 0.1) is 18.6 Å². The number of nitrogens with zero attached hydrogens (tertiary/aromatic N) is 4. The minimum Gasteiger partial charge on any atom is -0.495 e. The summed E-state index contributed by atoms with van der Waals surface area (Å²) in [6.07, 6.45) is 3.30. The van der Waals surface area contributed by atoms with Crippen LogP contribution in [0.4, 0.5) is 10.1 Å². The SMILES string of the molecule is COc1ccc(Cl)cc1NC(=O)CSc1nnc(-c2ccncc2)n1-c1ccc(F)cc1. The monoisotopic (exact) mass is 469 g/mol. The molecule has 0 aliphatic carbocycles. The smallest absolute Gasteiger partial charge is 0.234 e. The number of hydrogen-bond donors (Lipinski definition) is 1. The third kappa shape index (κ3) is 4.90. The van der Waals surface area contributed by atoms with Crippen molar-refractivity contribution >= 4 is 35.0 Å². The Morgan fingerprint density at radius 1 is 1.12 bits per heavy atom. The summed E-state index contributed by atoms with van der Waals surface area (Å²) in [5.41, 5.74) is 1.93. The van der Waals surface area contributed by atoms with Crippen molar-refractivity contribution in [3.8, 4) is 22.8 Å². The van der Waals surface area contributed by atoms with Gasteiger partial charge in [0.1, 0.15) is 11.6 Å². The summed E-state index contributed by atoms with van der Waals surface area (Å²) in [7, 11) is 1.51. The van der Waals surface area contributed by atoms with Gasteiger partial charge in [0.25, 0.3) is 0 Å². The summed E-state index contributed by atoms with van der Waals surface area (Å²) in [6, 6.07) is 14.6. The lowest BCUT2D eigenvalue weighted by Gasteiger charge is -2.12. The van der Waals surface area contributed by atoms with E-state index in [1.165, 1.54) is 31.0 Å². The Bertz CT molecular complexity index is 1240. The molecular weight excluding hydrogens is 453 g/mol. The van der Waals surface area contributed by atoms with Crippen LogP contribution in [0.15, 0.2) is 72.1 Å². The zero-order chi connectivity index (χ0) is 22.5. The molecule has 4 rings (SSSR count). The van der Waals surface area contributed by atoms with Crippen molar-refractivity contribution in [3.63, 3.8) is 0 Å². The van der Waals surface area contributed by atoms with Crippen LogP contribution in [-0.2, 0) is 4.79 Å². The maximum atomic E-state index is 13.5. The molecule has 0 saturated carbocycles. The van der Waals surface area contributed by atoms with Gasteiger partial charge < -0.3 is 10.1 Å². The van der Waals surface area contributed by atoms with E-state index >= 15 is 0 Å². The summed E-state index contributed by atoms with van der Waals surface area (Å²) in [6.45, 7) is 0. The number of anilines is 1. The van der Waals surface area contributed by atoms with Gasteiger partial charge in [-0.1, -0.05) is 23.4 Å². The van der Waals surface area contributed by atoms with Crippen LogP contribution < -0.4 is 10.1 Å². The van der Waals surface area contributed by atoms with Crippen molar-refractivity contribution < 1.29 is 13.9 Å². The van der Waals surface area contributed by atoms with Crippen molar-refractivity contribution in [2.24, 2.45) is 0 Å². The van der Waals surface area contributed by atoms with Crippen LogP contribution in [0.25, 0.3) is 17.1 Å². The number of pyridine rings is 1. The molecule has 10 heteroatoms. The van der Waals surface area contributed by atoms with Gasteiger partial charge in [-0.2, -0.15) is 0 Å². The molecule has 0 aliphatic heterocycles. The Labute approximate surface area is 192 Å². The number of ether oxygens (including phenoxy) is 1. The predicted molar refractivity (Wildman–Crippen MR) is 122 cm³/mol. The number of carbonyl (C=O) groups excluding carboxylic acids is 1. The minimum atomic E-state index is -0.351. The molecule has 0 radical (unpaired) electrons. The summed E-state index contributed by atoms with van der Waals surface area (Å²) < 4.78 is 20.5. The van der Waals surface area contributed by atoms with Gasteiger partial charge in [-0.15, -0.1) is 10.2 Å². The van der Waals surface area contributed by atoms with Crippen LogP contribution in [0.1, 0.15) is 0 Å². The summed E-state index contributed by atoms with van der Waals surface area (Å²) in [5, 5.41) is 12.3. The molecule has 2 aromatic heterocycles. The van der Waals surface area contributed by atoms with E-state index in [0.29, 0.717) is 33.1 Å². The number of methoxy groups -OCH3 is 1. The summed E-state index contributed by atoms with van der Waals surface area (Å²) in [4.78, 5) is 16.6. The fourth-order valence-electron chi connectivity index (χ4n) is 2.97. The number of amides is 1. The quantitative estimate of drug-likeness (QED) is 0.389. The summed E-state index contributed by atoms with van der Waals surface area (Å²) in [5.74, 6) is 0.498. The second kappa shape index (κ2) is 9.80. The predicted octanol–water partition coefficient (Wildman–Crippen LogP) is 4.86. The van der Waals surface area contributed by atoms with E-state index in [0.717, 1.165) is 5.56 Å². The van der Waals surface area contributed by atoms with E-state index in [1.54, 1.807) is 59.4 Å². The van der Waals surface area contributed by atoms with Gasteiger partial charge in [-0.3, -0.25) is 14.3 Å². The highest BCUT2D eigenvalue weighted by Crippen LogP contribution is 2.30. The first-order valence-electron chi connectivity index (χ1n) is 9.43. The first-order valence-corrected chi connectivity index (χ1v) is 10.8. The third-order valence-electron chi connectivity index (χ3n) is 4.42. The van der Waals surface area contributed by atoms with Crippen LogP contribution in [0, 0.1) is 5.82 Å². The van der Waals surface area contributed by atoms with Crippen LogP contribution in [-0.4, -0.2) is 38.5 Å². The highest BCUT2D eigenvalue weighted by molar-refractivity contribution is 7.99. The summed E-state index contributed by atoms with van der Waals surface area (Å²) >= 11 is 7.23. The Kier molecular flexibility index (Phi) is 6.67. The molecule has 0 saturated heterocycles. The number of carbonyl (C=O) groups is 1. The lowest BCUT2D eigenvalue weighted by atomic mass is 10.2. The number of nitrogens with one attached hydrogen (secondary N) is 1. The Morgan fingerprint density at radius 2 is 1.88 bits per heavy atom. The Balaban J connectivity index is 1.59. The number of thioether (sulfide) groups is 1. The van der Waals surface area contributed by atoms with Crippen LogP contribution in [0.2, 0.25) is 5.02 Å². The third-order valence-corrected chi connectivity index (χ3v) is 5.59. The first kappa shape index (κ1) is 21.8. The van der Waals surface area contributed by atoms with Gasteiger partial charge in [0, 0.05) is 28.7 Å². The van der Waals surface area contributed by atoms with E-state index in [-0.39, 0.29) is 17.5 Å². The molecule has 2 heterocycles. The minimum absolute atomic E-state index is 0.0609. The van der Waals surface area contributed by atoms with Gasteiger partial charge in [0.2, 0.25) is 5.91 Å². The Morgan fingerprint density at radius 3 is 2.59 bits per heavy atom. The number of rotatable bonds is 7. The molecule has 1 N–H and O–H groups in total. The largest absolute Gasteiger partial charge is 0.495 e. The van der Waals surface area contributed by atoms with Crippen molar-refractivity contribution in [1.29, 1.82) is 0 Å². The van der Waals surface area contributed by atoms with Crippen molar-refractivity contribution in [2.75, 3.05) is 18.2 Å². The molecule has 162 valence electrons. The second-order valence-electron chi connectivity index (χ2n) is 6.54. The normalized spacial score (nSPS) is 10.7. The van der Waals surface area contributed by atoms with Crippen LogP contribution in [0.3, 0.4) is 0 Å². The highest BCUT2D eigenvalue weighted by Gasteiger charge is 2.18. The molecule has 0 bridgehead atoms. The number of aromatic nitrogens is 4. The molecule has 0 spiro atoms. The number of halogens is 2. The van der Waals surface area contributed by atoms with E-state index < -0.39 is 0 Å². The van der Waals surface area contributed by atoms with Gasteiger partial charge in [-0.05, 0) is 54.6 Å². The molecule has 4 aromatic rings. The molecular formula is C22H17ClFN5O2S. The standard InChI is InChI=1S/C22H17ClFN5O2S/c1-31-19-7-2-15(23)12-18(19)26-20(30)13-32-22-28-27-21(14-8-10-25-11-9-14)29(22)17-5-3-16(24)4-6-17/h2-12H,13H2,1H3,(H,26,30). The fraction of sp³-hybridized carbons (Fsp3) is 0.0909. The molecule has 32 heavy (non-hydrogen) atoms. The van der Waals surface area contributed by atoms with E-state index in [9.17, 15) is 9.18 Å². The maximum absolute atomic E-state index is 13.5. The lowest BCUT2D eigenvalue weighted by Crippen LogP contribution is -2.15. The highest BCUT2D eigenvalue weighted by atomic mass is 35.5. The molecule has 0 unspecified atom stereocenters. The molecule has 7 nitrogen and oxygen atoms in total. The molecule has 0 fully saturated rings. The first-order chi connectivity index (χ1) is 15.5. The average molecular weight is 470 g/mol. The number of hydrogen-bond acceptors (Lipinski definition) is 6. The van der Waals surface area contributed by atoms with Crippen LogP contribution in [0.5, 0.6) is 5.75 Å². The average Bonchev–Trinajstić information content (AvgIpc) is 3.23. The lowest BCUT2D eigenvalue weighted by molar-refractivity contribution is -0.113. The van der Waals surface area contributed by atoms with E-state index in [4.69, 9.17) is 16.3 Å². The second-order valence-corrected chi connectivity index (χ2v) is 7.91. The fourth-order valence-corrected chi connectivity index (χ4v) is 3.89. The van der Waals surface area contributed by atoms with Gasteiger partial charge >= 0.3 is 0 Å². The molecule has 2 aromatic carbocycles. The van der Waals surface area contributed by atoms with E-state index in [2.05, 4.69) is 20.5 Å². The van der Waals surface area contributed by atoms with E-state index in [1.807, 2.05) is 0 Å². The van der Waals surface area contributed by atoms with Crippen molar-refractivity contribution in [1.82, 2.24) is 19.7 Å². The van der Waals surface area contributed by atoms with Crippen molar-refractivity contribution in [3.05, 3.63) is 77.8 Å². The van der Waals surface area contributed by atoms with Gasteiger partial charge in [0.15, 0.2) is 11.0 Å². The zero-order valence-corrected chi connectivity index (χ0v) is 18.4. The maximum Gasteiger partial charge on any atom is 0.234 e. The topological polar surface area (TPSA) is 81.9 Å². The molecule has 0 atom stereocenters. The van der Waals surface area contributed by atoms with Gasteiger partial charge in [-0.25, -0.2) is 4.39 Å². The Hall–Kier alpha value is -3.43. The number of benzene rings is 2. The van der Waals surface area contributed by atoms with Crippen molar-refractivity contribution in [2.45, 2.75) is 5.16 Å². The molecule has 0 aliphatic rings.